The molecular weight excluding hydrogens is 354 g/mol. The van der Waals surface area contributed by atoms with E-state index in [4.69, 9.17) is 4.43 Å². The standard InChI is InChI=1S/C18H28BrNOSi/c1-13-15(16-10-9-14(19)12-17(16)20-13)8-7-11-21-22(5,6)18(2,3)4/h9-10,12,20H,7-8,11H2,1-6H3. The normalized spacial score (nSPS) is 13.0. The van der Waals surface area contributed by atoms with Crippen molar-refractivity contribution in [1.29, 1.82) is 0 Å². The van der Waals surface area contributed by atoms with E-state index in [-0.39, 0.29) is 5.04 Å². The molecule has 4 heteroatoms. The van der Waals surface area contributed by atoms with Crippen LogP contribution in [0, 0.1) is 6.92 Å². The summed E-state index contributed by atoms with van der Waals surface area (Å²) >= 11 is 3.54. The number of rotatable bonds is 5. The van der Waals surface area contributed by atoms with Crippen molar-refractivity contribution in [3.63, 3.8) is 0 Å². The maximum absolute atomic E-state index is 6.28. The third kappa shape index (κ3) is 3.84. The highest BCUT2D eigenvalue weighted by Gasteiger charge is 2.36. The minimum Gasteiger partial charge on any atom is -0.417 e. The number of hydrogen-bond acceptors (Lipinski definition) is 1. The molecule has 2 rings (SSSR count). The first-order valence-electron chi connectivity index (χ1n) is 8.02. The molecule has 0 aliphatic carbocycles. The molecule has 0 unspecified atom stereocenters. The molecule has 1 N–H and O–H groups in total. The van der Waals surface area contributed by atoms with Gasteiger partial charge < -0.3 is 9.41 Å². The molecule has 0 aliphatic rings. The summed E-state index contributed by atoms with van der Waals surface area (Å²) in [6.45, 7) is 14.5. The summed E-state index contributed by atoms with van der Waals surface area (Å²) in [7, 11) is -1.62. The Labute approximate surface area is 143 Å². The SMILES string of the molecule is Cc1[nH]c2cc(Br)ccc2c1CCCO[Si](C)(C)C(C)(C)C. The van der Waals surface area contributed by atoms with Gasteiger partial charge in [0.15, 0.2) is 8.32 Å². The van der Waals surface area contributed by atoms with Crippen LogP contribution in [-0.4, -0.2) is 19.9 Å². The highest BCUT2D eigenvalue weighted by Crippen LogP contribution is 2.36. The predicted octanol–water partition coefficient (Wildman–Crippen LogP) is 6.19. The topological polar surface area (TPSA) is 25.0 Å². The fourth-order valence-electron chi connectivity index (χ4n) is 2.48. The quantitative estimate of drug-likeness (QED) is 0.484. The number of H-pyrrole nitrogens is 1. The second-order valence-corrected chi connectivity index (χ2v) is 13.4. The molecule has 0 amide bonds. The summed E-state index contributed by atoms with van der Waals surface area (Å²) in [5.41, 5.74) is 3.92. The Morgan fingerprint density at radius 1 is 1.23 bits per heavy atom. The van der Waals surface area contributed by atoms with E-state index in [1.807, 2.05) is 0 Å². The molecule has 2 aromatic rings. The molecule has 0 radical (unpaired) electrons. The minimum atomic E-state index is -1.62. The van der Waals surface area contributed by atoms with Crippen LogP contribution in [0.15, 0.2) is 22.7 Å². The number of aryl methyl sites for hydroxylation is 2. The van der Waals surface area contributed by atoms with E-state index in [9.17, 15) is 0 Å². The van der Waals surface area contributed by atoms with Gasteiger partial charge in [-0.2, -0.15) is 0 Å². The van der Waals surface area contributed by atoms with E-state index >= 15 is 0 Å². The zero-order valence-corrected chi connectivity index (χ0v) is 17.2. The molecule has 0 spiro atoms. The average molecular weight is 382 g/mol. The lowest BCUT2D eigenvalue weighted by Gasteiger charge is -2.36. The van der Waals surface area contributed by atoms with Gasteiger partial charge in [-0.05, 0) is 55.6 Å². The van der Waals surface area contributed by atoms with Crippen LogP contribution in [0.5, 0.6) is 0 Å². The highest BCUT2D eigenvalue weighted by atomic mass is 79.9. The lowest BCUT2D eigenvalue weighted by atomic mass is 10.1. The van der Waals surface area contributed by atoms with Crippen molar-refractivity contribution in [1.82, 2.24) is 4.98 Å². The van der Waals surface area contributed by atoms with E-state index in [1.165, 1.54) is 22.2 Å². The van der Waals surface area contributed by atoms with Crippen molar-refractivity contribution in [3.05, 3.63) is 33.9 Å². The molecule has 1 heterocycles. The Hall–Kier alpha value is -0.583. The van der Waals surface area contributed by atoms with Crippen LogP contribution in [0.4, 0.5) is 0 Å². The van der Waals surface area contributed by atoms with Crippen LogP contribution >= 0.6 is 15.9 Å². The van der Waals surface area contributed by atoms with Crippen LogP contribution in [0.2, 0.25) is 18.1 Å². The average Bonchev–Trinajstić information content (AvgIpc) is 2.68. The first kappa shape index (κ1) is 17.8. The fraction of sp³-hybridized carbons (Fsp3) is 0.556. The van der Waals surface area contributed by atoms with Crippen molar-refractivity contribution in [3.8, 4) is 0 Å². The molecule has 0 fully saturated rings. The lowest BCUT2D eigenvalue weighted by molar-refractivity contribution is 0.282. The Kier molecular flexibility index (Phi) is 5.25. The molecule has 122 valence electrons. The largest absolute Gasteiger partial charge is 0.417 e. The number of nitrogens with one attached hydrogen (secondary N) is 1. The van der Waals surface area contributed by atoms with Crippen molar-refractivity contribution < 1.29 is 4.43 Å². The molecule has 1 aromatic heterocycles. The van der Waals surface area contributed by atoms with Gasteiger partial charge in [0.1, 0.15) is 0 Å². The molecular formula is C18H28BrNOSi. The number of aromatic amines is 1. The number of fused-ring (bicyclic) bond motifs is 1. The number of halogens is 1. The first-order valence-corrected chi connectivity index (χ1v) is 11.7. The van der Waals surface area contributed by atoms with E-state index in [0.717, 1.165) is 23.9 Å². The van der Waals surface area contributed by atoms with Gasteiger partial charge in [0.05, 0.1) is 0 Å². The van der Waals surface area contributed by atoms with Crippen molar-refractivity contribution in [2.45, 2.75) is 58.7 Å². The van der Waals surface area contributed by atoms with Crippen molar-refractivity contribution in [2.24, 2.45) is 0 Å². The number of benzene rings is 1. The third-order valence-electron chi connectivity index (χ3n) is 4.92. The fourth-order valence-corrected chi connectivity index (χ4v) is 3.93. The van der Waals surface area contributed by atoms with E-state index in [2.05, 4.69) is 79.9 Å². The van der Waals surface area contributed by atoms with E-state index < -0.39 is 8.32 Å². The first-order chi connectivity index (χ1) is 10.1. The summed E-state index contributed by atoms with van der Waals surface area (Å²) in [6.07, 6.45) is 2.15. The van der Waals surface area contributed by atoms with Crippen LogP contribution in [0.1, 0.15) is 38.4 Å². The molecule has 2 nitrogen and oxygen atoms in total. The van der Waals surface area contributed by atoms with E-state index in [1.54, 1.807) is 0 Å². The second-order valence-electron chi connectivity index (χ2n) is 7.63. The van der Waals surface area contributed by atoms with Gasteiger partial charge in [0.2, 0.25) is 0 Å². The van der Waals surface area contributed by atoms with Gasteiger partial charge in [0, 0.05) is 27.7 Å². The Morgan fingerprint density at radius 3 is 2.55 bits per heavy atom. The lowest BCUT2D eigenvalue weighted by Crippen LogP contribution is -2.41. The van der Waals surface area contributed by atoms with Crippen LogP contribution < -0.4 is 0 Å². The molecule has 0 aliphatic heterocycles. The summed E-state index contributed by atoms with van der Waals surface area (Å²) in [5, 5.41) is 1.63. The zero-order chi connectivity index (χ0) is 16.5. The highest BCUT2D eigenvalue weighted by molar-refractivity contribution is 9.10. The zero-order valence-electron chi connectivity index (χ0n) is 14.6. The smallest absolute Gasteiger partial charge is 0.191 e. The summed E-state index contributed by atoms with van der Waals surface area (Å²) in [5.74, 6) is 0. The van der Waals surface area contributed by atoms with Crippen LogP contribution in [-0.2, 0) is 10.8 Å². The Morgan fingerprint density at radius 2 is 1.91 bits per heavy atom. The Balaban J connectivity index is 2.00. The van der Waals surface area contributed by atoms with Crippen LogP contribution in [0.3, 0.4) is 0 Å². The summed E-state index contributed by atoms with van der Waals surface area (Å²) < 4.78 is 7.40. The number of hydrogen-bond donors (Lipinski definition) is 1. The molecule has 22 heavy (non-hydrogen) atoms. The molecule has 0 saturated heterocycles. The maximum atomic E-state index is 6.28. The second kappa shape index (κ2) is 6.50. The van der Waals surface area contributed by atoms with Crippen molar-refractivity contribution in [2.75, 3.05) is 6.61 Å². The monoisotopic (exact) mass is 381 g/mol. The van der Waals surface area contributed by atoms with Crippen molar-refractivity contribution >= 4 is 35.2 Å². The minimum absolute atomic E-state index is 0.288. The maximum Gasteiger partial charge on any atom is 0.191 e. The Bertz CT molecular complexity index is 655. The predicted molar refractivity (Wildman–Crippen MR) is 102 cm³/mol. The van der Waals surface area contributed by atoms with Gasteiger partial charge in [0.25, 0.3) is 0 Å². The van der Waals surface area contributed by atoms with Gasteiger partial charge in [-0.1, -0.05) is 42.8 Å². The summed E-state index contributed by atoms with van der Waals surface area (Å²) in [4.78, 5) is 3.49. The third-order valence-corrected chi connectivity index (χ3v) is 9.95. The molecule has 0 saturated carbocycles. The van der Waals surface area contributed by atoms with Crippen LogP contribution in [0.25, 0.3) is 10.9 Å². The number of aromatic nitrogens is 1. The molecule has 0 bridgehead atoms. The molecule has 1 aromatic carbocycles. The summed E-state index contributed by atoms with van der Waals surface area (Å²) in [6, 6.07) is 6.47. The van der Waals surface area contributed by atoms with Gasteiger partial charge in [-0.15, -0.1) is 0 Å². The van der Waals surface area contributed by atoms with E-state index in [0.29, 0.717) is 0 Å². The van der Waals surface area contributed by atoms with Gasteiger partial charge in [-0.25, -0.2) is 0 Å². The van der Waals surface area contributed by atoms with Gasteiger partial charge in [-0.3, -0.25) is 0 Å². The van der Waals surface area contributed by atoms with Gasteiger partial charge >= 0.3 is 0 Å². The molecule has 0 atom stereocenters.